The van der Waals surface area contributed by atoms with Crippen LogP contribution in [-0.4, -0.2) is 32.7 Å². The molecule has 2 aromatic heterocycles. The summed E-state index contributed by atoms with van der Waals surface area (Å²) < 4.78 is 7.88. The van der Waals surface area contributed by atoms with E-state index in [0.29, 0.717) is 23.3 Å². The van der Waals surface area contributed by atoms with Crippen molar-refractivity contribution in [2.45, 2.75) is 23.5 Å². The number of nitrogens with one attached hydrogen (secondary N) is 1. The molecular formula is C21H20N4O2S2. The summed E-state index contributed by atoms with van der Waals surface area (Å²) in [5.74, 6) is 1.51. The van der Waals surface area contributed by atoms with Gasteiger partial charge in [-0.2, -0.15) is 0 Å². The predicted octanol–water partition coefficient (Wildman–Crippen LogP) is 5.16. The number of hydrogen-bond donors (Lipinski definition) is 1. The number of fused-ring (bicyclic) bond motifs is 1. The molecule has 0 aliphatic rings. The van der Waals surface area contributed by atoms with Crippen molar-refractivity contribution in [1.29, 1.82) is 0 Å². The molecule has 0 saturated heterocycles. The van der Waals surface area contributed by atoms with Gasteiger partial charge in [0.25, 0.3) is 0 Å². The number of rotatable bonds is 7. The summed E-state index contributed by atoms with van der Waals surface area (Å²) in [6.45, 7) is 2.70. The van der Waals surface area contributed by atoms with Gasteiger partial charge in [-0.25, -0.2) is 0 Å². The Labute approximate surface area is 177 Å². The first kappa shape index (κ1) is 19.6. The summed E-state index contributed by atoms with van der Waals surface area (Å²) >= 11 is 3.00. The highest BCUT2D eigenvalue weighted by Gasteiger charge is 2.17. The van der Waals surface area contributed by atoms with Crippen molar-refractivity contribution in [2.24, 2.45) is 0 Å². The van der Waals surface area contributed by atoms with Gasteiger partial charge in [0.05, 0.1) is 5.75 Å². The lowest BCUT2D eigenvalue weighted by molar-refractivity contribution is -0.113. The molecule has 1 N–H and O–H groups in total. The van der Waals surface area contributed by atoms with Crippen molar-refractivity contribution in [3.8, 4) is 11.6 Å². The van der Waals surface area contributed by atoms with Crippen molar-refractivity contribution >= 4 is 46.1 Å². The molecule has 0 radical (unpaired) electrons. The maximum atomic E-state index is 12.4. The van der Waals surface area contributed by atoms with Gasteiger partial charge in [-0.3, -0.25) is 9.36 Å². The van der Waals surface area contributed by atoms with E-state index in [1.165, 1.54) is 11.8 Å². The van der Waals surface area contributed by atoms with Crippen LogP contribution in [0.1, 0.15) is 6.92 Å². The van der Waals surface area contributed by atoms with Gasteiger partial charge >= 0.3 is 0 Å². The normalized spacial score (nSPS) is 11.1. The summed E-state index contributed by atoms with van der Waals surface area (Å²) in [6.07, 6.45) is 2.01. The molecule has 2 heterocycles. The second-order valence-electron chi connectivity index (χ2n) is 6.27. The molecule has 6 nitrogen and oxygen atoms in total. The van der Waals surface area contributed by atoms with Crippen molar-refractivity contribution < 1.29 is 9.21 Å². The Morgan fingerprint density at radius 3 is 2.79 bits per heavy atom. The van der Waals surface area contributed by atoms with Crippen LogP contribution < -0.4 is 5.32 Å². The second kappa shape index (κ2) is 8.75. The van der Waals surface area contributed by atoms with E-state index in [9.17, 15) is 4.79 Å². The lowest BCUT2D eigenvalue weighted by Gasteiger charge is -2.07. The lowest BCUT2D eigenvalue weighted by Crippen LogP contribution is -2.14. The fourth-order valence-corrected chi connectivity index (χ4v) is 4.24. The van der Waals surface area contributed by atoms with Gasteiger partial charge in [0.15, 0.2) is 10.9 Å². The Bertz CT molecular complexity index is 1120. The number of hydrogen-bond acceptors (Lipinski definition) is 6. The zero-order valence-electron chi connectivity index (χ0n) is 16.1. The first-order valence-corrected chi connectivity index (χ1v) is 11.4. The van der Waals surface area contributed by atoms with Crippen LogP contribution in [-0.2, 0) is 11.3 Å². The third kappa shape index (κ3) is 4.33. The Morgan fingerprint density at radius 1 is 1.14 bits per heavy atom. The number of aromatic nitrogens is 3. The SMILES string of the molecule is CCn1c(SCC(=O)Nc2cccc(SC)c2)nnc1-c1cc2ccccc2o1. The average Bonchev–Trinajstić information content (AvgIpc) is 3.35. The van der Waals surface area contributed by atoms with Crippen LogP contribution in [0.2, 0.25) is 0 Å². The zero-order chi connectivity index (χ0) is 20.2. The van der Waals surface area contributed by atoms with Gasteiger partial charge in [0.1, 0.15) is 5.58 Å². The third-order valence-corrected chi connectivity index (χ3v) is 6.06. The topological polar surface area (TPSA) is 73.0 Å². The summed E-state index contributed by atoms with van der Waals surface area (Å²) in [7, 11) is 0. The molecular weight excluding hydrogens is 404 g/mol. The van der Waals surface area contributed by atoms with Gasteiger partial charge in [-0.05, 0) is 43.5 Å². The standard InChI is InChI=1S/C21H20N4O2S2/c1-3-25-20(18-11-14-7-4-5-10-17(14)27-18)23-24-21(25)29-13-19(26)22-15-8-6-9-16(12-15)28-2/h4-12H,3,13H2,1-2H3,(H,22,26). The molecule has 0 fully saturated rings. The number of furan rings is 1. The van der Waals surface area contributed by atoms with Crippen LogP contribution in [0.25, 0.3) is 22.6 Å². The fraction of sp³-hybridized carbons (Fsp3) is 0.190. The van der Waals surface area contributed by atoms with E-state index in [2.05, 4.69) is 15.5 Å². The van der Waals surface area contributed by atoms with Crippen molar-refractivity contribution in [1.82, 2.24) is 14.8 Å². The van der Waals surface area contributed by atoms with E-state index in [-0.39, 0.29) is 11.7 Å². The molecule has 148 valence electrons. The molecule has 0 atom stereocenters. The molecule has 0 unspecified atom stereocenters. The number of nitrogens with zero attached hydrogens (tertiary/aromatic N) is 3. The predicted molar refractivity (Wildman–Crippen MR) is 118 cm³/mol. The first-order valence-electron chi connectivity index (χ1n) is 9.16. The Balaban J connectivity index is 1.47. The third-order valence-electron chi connectivity index (χ3n) is 4.36. The maximum Gasteiger partial charge on any atom is 0.234 e. The zero-order valence-corrected chi connectivity index (χ0v) is 17.7. The Morgan fingerprint density at radius 2 is 2.00 bits per heavy atom. The quantitative estimate of drug-likeness (QED) is 0.413. The number of carbonyl (C=O) groups is 1. The van der Waals surface area contributed by atoms with Crippen LogP contribution in [0.4, 0.5) is 5.69 Å². The van der Waals surface area contributed by atoms with Crippen LogP contribution in [0.15, 0.2) is 69.1 Å². The van der Waals surface area contributed by atoms with Gasteiger partial charge in [0, 0.05) is 22.5 Å². The number of amides is 1. The summed E-state index contributed by atoms with van der Waals surface area (Å²) in [5.41, 5.74) is 1.61. The van der Waals surface area contributed by atoms with Gasteiger partial charge in [0.2, 0.25) is 11.7 Å². The molecule has 0 bridgehead atoms. The summed E-state index contributed by atoms with van der Waals surface area (Å²) in [4.78, 5) is 13.5. The molecule has 0 aliphatic heterocycles. The number of benzene rings is 2. The van der Waals surface area contributed by atoms with Gasteiger partial charge in [-0.15, -0.1) is 22.0 Å². The molecule has 4 aromatic rings. The number of anilines is 1. The number of para-hydroxylation sites is 1. The Kier molecular flexibility index (Phi) is 5.92. The summed E-state index contributed by atoms with van der Waals surface area (Å²) in [6, 6.07) is 17.6. The van der Waals surface area contributed by atoms with E-state index in [0.717, 1.165) is 21.6 Å². The van der Waals surface area contributed by atoms with Crippen LogP contribution in [0.5, 0.6) is 0 Å². The highest BCUT2D eigenvalue weighted by atomic mass is 32.2. The van der Waals surface area contributed by atoms with Crippen LogP contribution >= 0.6 is 23.5 Å². The first-order chi connectivity index (χ1) is 14.2. The Hall–Kier alpha value is -2.71. The van der Waals surface area contributed by atoms with E-state index in [1.807, 2.05) is 72.3 Å². The second-order valence-corrected chi connectivity index (χ2v) is 8.09. The molecule has 2 aromatic carbocycles. The maximum absolute atomic E-state index is 12.4. The number of carbonyl (C=O) groups excluding carboxylic acids is 1. The lowest BCUT2D eigenvalue weighted by atomic mass is 10.2. The van der Waals surface area contributed by atoms with E-state index in [1.54, 1.807) is 11.8 Å². The van der Waals surface area contributed by atoms with Gasteiger partial charge < -0.3 is 9.73 Å². The largest absolute Gasteiger partial charge is 0.453 e. The minimum atomic E-state index is -0.0795. The van der Waals surface area contributed by atoms with Crippen molar-refractivity contribution in [3.05, 3.63) is 54.6 Å². The summed E-state index contributed by atoms with van der Waals surface area (Å²) in [5, 5.41) is 13.2. The number of thioether (sulfide) groups is 2. The molecule has 29 heavy (non-hydrogen) atoms. The van der Waals surface area contributed by atoms with E-state index >= 15 is 0 Å². The minimum Gasteiger partial charge on any atom is -0.453 e. The van der Waals surface area contributed by atoms with Gasteiger partial charge in [-0.1, -0.05) is 36.0 Å². The monoisotopic (exact) mass is 424 g/mol. The van der Waals surface area contributed by atoms with Crippen LogP contribution in [0.3, 0.4) is 0 Å². The van der Waals surface area contributed by atoms with Crippen LogP contribution in [0, 0.1) is 0 Å². The average molecular weight is 425 g/mol. The smallest absolute Gasteiger partial charge is 0.234 e. The highest BCUT2D eigenvalue weighted by Crippen LogP contribution is 2.29. The molecule has 1 amide bonds. The molecule has 0 aliphatic carbocycles. The van der Waals surface area contributed by atoms with E-state index < -0.39 is 0 Å². The molecule has 0 saturated carbocycles. The fourth-order valence-electron chi connectivity index (χ4n) is 2.98. The molecule has 8 heteroatoms. The molecule has 0 spiro atoms. The van der Waals surface area contributed by atoms with E-state index in [4.69, 9.17) is 4.42 Å². The highest BCUT2D eigenvalue weighted by molar-refractivity contribution is 7.99. The van der Waals surface area contributed by atoms with Crippen molar-refractivity contribution in [3.63, 3.8) is 0 Å². The molecule has 4 rings (SSSR count). The minimum absolute atomic E-state index is 0.0795. The van der Waals surface area contributed by atoms with Crippen molar-refractivity contribution in [2.75, 3.05) is 17.3 Å².